The lowest BCUT2D eigenvalue weighted by Gasteiger charge is -2.32. The highest BCUT2D eigenvalue weighted by molar-refractivity contribution is 8.00. The molecule has 24 heavy (non-hydrogen) atoms. The number of hydrogen-bond acceptors (Lipinski definition) is 5. The third-order valence-electron chi connectivity index (χ3n) is 3.73. The van der Waals surface area contributed by atoms with Gasteiger partial charge in [0.15, 0.2) is 0 Å². The van der Waals surface area contributed by atoms with E-state index >= 15 is 0 Å². The second-order valence-corrected chi connectivity index (χ2v) is 8.57. The Kier molecular flexibility index (Phi) is 6.94. The van der Waals surface area contributed by atoms with Crippen LogP contribution in [0.5, 0.6) is 5.75 Å². The summed E-state index contributed by atoms with van der Waals surface area (Å²) in [4.78, 5) is 15.1. The summed E-state index contributed by atoms with van der Waals surface area (Å²) in [5.74, 6) is 1.30. The Labute approximate surface area is 148 Å². The van der Waals surface area contributed by atoms with Crippen molar-refractivity contribution in [3.63, 3.8) is 0 Å². The van der Waals surface area contributed by atoms with Crippen molar-refractivity contribution in [3.05, 3.63) is 24.3 Å². The van der Waals surface area contributed by atoms with Crippen LogP contribution in [0.25, 0.3) is 0 Å². The first-order valence-corrected chi connectivity index (χ1v) is 10.9. The Morgan fingerprint density at radius 2 is 1.92 bits per heavy atom. The first kappa shape index (κ1) is 19.1. The predicted octanol–water partition coefficient (Wildman–Crippen LogP) is 1.72. The van der Waals surface area contributed by atoms with Crippen LogP contribution in [0.1, 0.15) is 19.8 Å². The quantitative estimate of drug-likeness (QED) is 0.738. The van der Waals surface area contributed by atoms with Crippen LogP contribution in [0, 0.1) is 0 Å². The molecule has 1 saturated heterocycles. The second kappa shape index (κ2) is 8.73. The molecule has 1 aromatic rings. The molecule has 0 atom stereocenters. The van der Waals surface area contributed by atoms with E-state index < -0.39 is 10.0 Å². The summed E-state index contributed by atoms with van der Waals surface area (Å²) in [5, 5.41) is 0. The normalized spacial score (nSPS) is 16.2. The summed E-state index contributed by atoms with van der Waals surface area (Å²) in [7, 11) is -3.18. The van der Waals surface area contributed by atoms with E-state index in [4.69, 9.17) is 4.74 Å². The molecule has 1 heterocycles. The summed E-state index contributed by atoms with van der Waals surface area (Å²) in [6.45, 7) is 3.76. The van der Waals surface area contributed by atoms with E-state index in [1.807, 2.05) is 36.1 Å². The standard InChI is InChI=1S/C16H24N2O4S2/c1-3-22-14-4-6-15(7-5-14)23-12-16(19)18-10-8-13(9-11-18)17-24(2,20)21/h4-7,13,17H,3,8-12H2,1-2H3. The summed E-state index contributed by atoms with van der Waals surface area (Å²) >= 11 is 1.50. The number of piperidine rings is 1. The number of nitrogens with zero attached hydrogens (tertiary/aromatic N) is 1. The minimum absolute atomic E-state index is 0.0668. The number of amides is 1. The average molecular weight is 373 g/mol. The Morgan fingerprint density at radius 1 is 1.29 bits per heavy atom. The molecule has 0 saturated carbocycles. The Bertz CT molecular complexity index is 639. The van der Waals surface area contributed by atoms with E-state index in [-0.39, 0.29) is 11.9 Å². The van der Waals surface area contributed by atoms with Gasteiger partial charge in [0.25, 0.3) is 0 Å². The van der Waals surface area contributed by atoms with Crippen LogP contribution in [-0.4, -0.2) is 57.0 Å². The number of carbonyl (C=O) groups is 1. The Balaban J connectivity index is 1.75. The number of nitrogens with one attached hydrogen (secondary N) is 1. The van der Waals surface area contributed by atoms with Crippen molar-refractivity contribution >= 4 is 27.7 Å². The topological polar surface area (TPSA) is 75.7 Å². The molecule has 0 aliphatic carbocycles. The highest BCUT2D eigenvalue weighted by Gasteiger charge is 2.24. The van der Waals surface area contributed by atoms with Gasteiger partial charge in [0.2, 0.25) is 15.9 Å². The first-order chi connectivity index (χ1) is 11.4. The molecule has 1 aromatic carbocycles. The van der Waals surface area contributed by atoms with E-state index in [2.05, 4.69) is 4.72 Å². The van der Waals surface area contributed by atoms with Crippen LogP contribution < -0.4 is 9.46 Å². The van der Waals surface area contributed by atoms with Gasteiger partial charge in [0.05, 0.1) is 18.6 Å². The molecule has 0 unspecified atom stereocenters. The average Bonchev–Trinajstić information content (AvgIpc) is 2.53. The SMILES string of the molecule is CCOc1ccc(SCC(=O)N2CCC(NS(C)(=O)=O)CC2)cc1. The van der Waals surface area contributed by atoms with Crippen molar-refractivity contribution in [2.75, 3.05) is 31.7 Å². The number of carbonyl (C=O) groups excluding carboxylic acids is 1. The Morgan fingerprint density at radius 3 is 2.46 bits per heavy atom. The van der Waals surface area contributed by atoms with Crippen molar-refractivity contribution in [2.24, 2.45) is 0 Å². The zero-order valence-corrected chi connectivity index (χ0v) is 15.7. The Hall–Kier alpha value is -1.25. The van der Waals surface area contributed by atoms with Gasteiger partial charge in [-0.05, 0) is 44.0 Å². The van der Waals surface area contributed by atoms with E-state index in [0.717, 1.165) is 16.9 Å². The molecule has 8 heteroatoms. The third kappa shape index (κ3) is 6.33. The molecule has 2 rings (SSSR count). The number of ether oxygens (including phenoxy) is 1. The number of likely N-dealkylation sites (tertiary alicyclic amines) is 1. The maximum Gasteiger partial charge on any atom is 0.232 e. The minimum Gasteiger partial charge on any atom is -0.494 e. The van der Waals surface area contributed by atoms with E-state index in [0.29, 0.717) is 38.3 Å². The van der Waals surface area contributed by atoms with Crippen molar-refractivity contribution in [2.45, 2.75) is 30.7 Å². The van der Waals surface area contributed by atoms with E-state index in [1.54, 1.807) is 0 Å². The van der Waals surface area contributed by atoms with Crippen LogP contribution in [-0.2, 0) is 14.8 Å². The monoisotopic (exact) mass is 372 g/mol. The summed E-state index contributed by atoms with van der Waals surface area (Å²) in [5.41, 5.74) is 0. The molecule has 134 valence electrons. The summed E-state index contributed by atoms with van der Waals surface area (Å²) in [6.07, 6.45) is 2.48. The smallest absolute Gasteiger partial charge is 0.232 e. The zero-order valence-electron chi connectivity index (χ0n) is 14.0. The van der Waals surface area contributed by atoms with E-state index in [1.165, 1.54) is 11.8 Å². The van der Waals surface area contributed by atoms with Gasteiger partial charge in [0, 0.05) is 24.0 Å². The fourth-order valence-corrected chi connectivity index (χ4v) is 4.23. The van der Waals surface area contributed by atoms with Gasteiger partial charge in [-0.1, -0.05) is 0 Å². The molecular weight excluding hydrogens is 348 g/mol. The second-order valence-electron chi connectivity index (χ2n) is 5.74. The molecule has 0 spiro atoms. The molecule has 6 nitrogen and oxygen atoms in total. The fourth-order valence-electron chi connectivity index (χ4n) is 2.58. The first-order valence-electron chi connectivity index (χ1n) is 7.98. The maximum absolute atomic E-state index is 12.3. The van der Waals surface area contributed by atoms with Crippen LogP contribution in [0.4, 0.5) is 0 Å². The lowest BCUT2D eigenvalue weighted by molar-refractivity contribution is -0.129. The summed E-state index contributed by atoms with van der Waals surface area (Å²) < 4.78 is 30.5. The fraction of sp³-hybridized carbons (Fsp3) is 0.562. The number of rotatable bonds is 7. The largest absolute Gasteiger partial charge is 0.494 e. The molecule has 0 radical (unpaired) electrons. The molecule has 0 bridgehead atoms. The summed E-state index contributed by atoms with van der Waals surface area (Å²) in [6, 6.07) is 7.64. The maximum atomic E-state index is 12.3. The van der Waals surface area contributed by atoms with Crippen molar-refractivity contribution in [1.82, 2.24) is 9.62 Å². The van der Waals surface area contributed by atoms with Crippen LogP contribution in [0.15, 0.2) is 29.2 Å². The number of hydrogen-bond donors (Lipinski definition) is 1. The van der Waals surface area contributed by atoms with Crippen molar-refractivity contribution in [3.8, 4) is 5.75 Å². The molecule has 0 aromatic heterocycles. The van der Waals surface area contributed by atoms with E-state index in [9.17, 15) is 13.2 Å². The van der Waals surface area contributed by atoms with Gasteiger partial charge < -0.3 is 9.64 Å². The molecular formula is C16H24N2O4S2. The highest BCUT2D eigenvalue weighted by atomic mass is 32.2. The van der Waals surface area contributed by atoms with Gasteiger partial charge in [-0.25, -0.2) is 13.1 Å². The van der Waals surface area contributed by atoms with Gasteiger partial charge in [0.1, 0.15) is 5.75 Å². The molecule has 1 amide bonds. The number of thioether (sulfide) groups is 1. The number of sulfonamides is 1. The van der Waals surface area contributed by atoms with Crippen LogP contribution >= 0.6 is 11.8 Å². The van der Waals surface area contributed by atoms with Gasteiger partial charge in [-0.15, -0.1) is 11.8 Å². The molecule has 1 aliphatic rings. The van der Waals surface area contributed by atoms with Crippen molar-refractivity contribution in [1.29, 1.82) is 0 Å². The van der Waals surface area contributed by atoms with Gasteiger partial charge in [-0.3, -0.25) is 4.79 Å². The molecule has 1 fully saturated rings. The lowest BCUT2D eigenvalue weighted by atomic mass is 10.1. The highest BCUT2D eigenvalue weighted by Crippen LogP contribution is 2.22. The predicted molar refractivity (Wildman–Crippen MR) is 95.9 cm³/mol. The van der Waals surface area contributed by atoms with Gasteiger partial charge >= 0.3 is 0 Å². The minimum atomic E-state index is -3.18. The number of benzene rings is 1. The molecule has 1 N–H and O–H groups in total. The third-order valence-corrected chi connectivity index (χ3v) is 5.48. The van der Waals surface area contributed by atoms with Crippen LogP contribution in [0.2, 0.25) is 0 Å². The van der Waals surface area contributed by atoms with Crippen LogP contribution in [0.3, 0.4) is 0 Å². The molecule has 1 aliphatic heterocycles. The zero-order chi connectivity index (χ0) is 17.6. The lowest BCUT2D eigenvalue weighted by Crippen LogP contribution is -2.46. The van der Waals surface area contributed by atoms with Crippen molar-refractivity contribution < 1.29 is 17.9 Å². The van der Waals surface area contributed by atoms with Gasteiger partial charge in [-0.2, -0.15) is 0 Å².